The fraction of sp³-hybridized carbons (Fsp3) is 0.524. The third-order valence-electron chi connectivity index (χ3n) is 4.52. The number of aryl methyl sites for hydroxylation is 1. The van der Waals surface area contributed by atoms with Gasteiger partial charge in [-0.2, -0.15) is 5.10 Å². The molecule has 9 heteroatoms. The monoisotopic (exact) mass is 423 g/mol. The van der Waals surface area contributed by atoms with Gasteiger partial charge < -0.3 is 19.5 Å². The molecule has 0 unspecified atom stereocenters. The van der Waals surface area contributed by atoms with E-state index >= 15 is 0 Å². The second-order valence-corrected chi connectivity index (χ2v) is 8.24. The summed E-state index contributed by atoms with van der Waals surface area (Å²) in [6.45, 7) is 8.02. The maximum Gasteiger partial charge on any atom is 0.408 e. The molecule has 1 aliphatic rings. The van der Waals surface area contributed by atoms with Crippen LogP contribution in [0.25, 0.3) is 11.3 Å². The smallest absolute Gasteiger partial charge is 0.408 e. The predicted octanol–water partition coefficient (Wildman–Crippen LogP) is 3.87. The number of rotatable bonds is 5. The van der Waals surface area contributed by atoms with Gasteiger partial charge in [-0.1, -0.05) is 0 Å². The molecule has 1 aromatic heterocycles. The Kier molecular flexibility index (Phi) is 6.42. The standard InChI is InChI=1S/C21H27F2N3O4/c1-12(24-20(27)30-21(2,3)4)18-16(11-17-28-6-7-29-17)19(26(5)25-18)13-8-14(22)10-15(23)9-13/h8-10,12,17H,6-7,11H2,1-5H3,(H,24,27)/t12-/m0/s1. The van der Waals surface area contributed by atoms with Crippen LogP contribution in [-0.4, -0.2) is 41.0 Å². The fourth-order valence-corrected chi connectivity index (χ4v) is 3.43. The Morgan fingerprint density at radius 2 is 1.87 bits per heavy atom. The largest absolute Gasteiger partial charge is 0.444 e. The van der Waals surface area contributed by atoms with Gasteiger partial charge in [0.1, 0.15) is 17.2 Å². The maximum atomic E-state index is 13.9. The quantitative estimate of drug-likeness (QED) is 0.790. The zero-order chi connectivity index (χ0) is 22.1. The lowest BCUT2D eigenvalue weighted by atomic mass is 9.99. The van der Waals surface area contributed by atoms with Crippen molar-refractivity contribution in [1.29, 1.82) is 0 Å². The molecule has 2 heterocycles. The molecule has 1 aromatic carbocycles. The van der Waals surface area contributed by atoms with Gasteiger partial charge in [-0.15, -0.1) is 0 Å². The minimum absolute atomic E-state index is 0.316. The Labute approximate surface area is 174 Å². The van der Waals surface area contributed by atoms with Crippen LogP contribution in [0.3, 0.4) is 0 Å². The summed E-state index contributed by atoms with van der Waals surface area (Å²) in [6, 6.07) is 2.79. The number of hydrogen-bond acceptors (Lipinski definition) is 5. The SMILES string of the molecule is C[C@H](NC(=O)OC(C)(C)C)c1nn(C)c(-c2cc(F)cc(F)c2)c1CC1OCCO1. The van der Waals surface area contributed by atoms with Crippen LogP contribution in [0.1, 0.15) is 45.0 Å². The van der Waals surface area contributed by atoms with E-state index in [0.717, 1.165) is 6.07 Å². The van der Waals surface area contributed by atoms with Gasteiger partial charge in [0.15, 0.2) is 6.29 Å². The first-order chi connectivity index (χ1) is 14.0. The summed E-state index contributed by atoms with van der Waals surface area (Å²) in [5.41, 5.74) is 1.44. The second-order valence-electron chi connectivity index (χ2n) is 8.24. The molecule has 0 saturated carbocycles. The van der Waals surface area contributed by atoms with Gasteiger partial charge in [-0.25, -0.2) is 13.6 Å². The van der Waals surface area contributed by atoms with Crippen LogP contribution in [-0.2, 0) is 27.7 Å². The molecule has 1 N–H and O–H groups in total. The van der Waals surface area contributed by atoms with E-state index in [0.29, 0.717) is 42.1 Å². The van der Waals surface area contributed by atoms with Crippen molar-refractivity contribution in [2.75, 3.05) is 13.2 Å². The van der Waals surface area contributed by atoms with Gasteiger partial charge >= 0.3 is 6.09 Å². The first-order valence-corrected chi connectivity index (χ1v) is 9.78. The lowest BCUT2D eigenvalue weighted by Crippen LogP contribution is -2.34. The molecule has 30 heavy (non-hydrogen) atoms. The normalized spacial score (nSPS) is 16.0. The van der Waals surface area contributed by atoms with Crippen molar-refractivity contribution in [3.05, 3.63) is 41.1 Å². The van der Waals surface area contributed by atoms with Crippen LogP contribution in [0.2, 0.25) is 0 Å². The molecule has 1 amide bonds. The zero-order valence-corrected chi connectivity index (χ0v) is 17.8. The Hall–Kier alpha value is -2.52. The van der Waals surface area contributed by atoms with Crippen molar-refractivity contribution in [2.24, 2.45) is 7.05 Å². The molecule has 7 nitrogen and oxygen atoms in total. The molecular weight excluding hydrogens is 396 g/mol. The molecule has 2 aromatic rings. The van der Waals surface area contributed by atoms with Crippen LogP contribution >= 0.6 is 0 Å². The van der Waals surface area contributed by atoms with E-state index in [9.17, 15) is 13.6 Å². The molecule has 1 aliphatic heterocycles. The van der Waals surface area contributed by atoms with Crippen molar-refractivity contribution < 1.29 is 27.8 Å². The minimum Gasteiger partial charge on any atom is -0.444 e. The summed E-state index contributed by atoms with van der Waals surface area (Å²) in [6.07, 6.45) is -0.770. The number of amides is 1. The maximum absolute atomic E-state index is 13.9. The van der Waals surface area contributed by atoms with Crippen LogP contribution in [0.4, 0.5) is 13.6 Å². The summed E-state index contributed by atoms with van der Waals surface area (Å²) >= 11 is 0. The predicted molar refractivity (Wildman–Crippen MR) is 106 cm³/mol. The first-order valence-electron chi connectivity index (χ1n) is 9.78. The molecule has 3 rings (SSSR count). The highest BCUT2D eigenvalue weighted by atomic mass is 19.1. The highest BCUT2D eigenvalue weighted by Crippen LogP contribution is 2.32. The number of hydrogen-bond donors (Lipinski definition) is 1. The van der Waals surface area contributed by atoms with E-state index in [2.05, 4.69) is 10.4 Å². The summed E-state index contributed by atoms with van der Waals surface area (Å²) < 4.78 is 45.8. The number of ether oxygens (including phenoxy) is 3. The minimum atomic E-state index is -0.688. The van der Waals surface area contributed by atoms with Crippen molar-refractivity contribution in [2.45, 2.75) is 52.0 Å². The summed E-state index contributed by atoms with van der Waals surface area (Å²) in [5, 5.41) is 7.29. The molecule has 0 radical (unpaired) electrons. The van der Waals surface area contributed by atoms with Gasteiger partial charge in [0, 0.05) is 30.7 Å². The summed E-state index contributed by atoms with van der Waals surface area (Å²) in [4.78, 5) is 12.2. The number of aromatic nitrogens is 2. The van der Waals surface area contributed by atoms with E-state index in [1.54, 1.807) is 39.4 Å². The molecule has 164 valence electrons. The number of benzene rings is 1. The van der Waals surface area contributed by atoms with Gasteiger partial charge in [-0.3, -0.25) is 4.68 Å². The molecule has 0 spiro atoms. The lowest BCUT2D eigenvalue weighted by molar-refractivity contribution is -0.0400. The van der Waals surface area contributed by atoms with Crippen LogP contribution in [0.5, 0.6) is 0 Å². The average Bonchev–Trinajstić information content (AvgIpc) is 3.20. The highest BCUT2D eigenvalue weighted by molar-refractivity contribution is 5.69. The zero-order valence-electron chi connectivity index (χ0n) is 17.8. The van der Waals surface area contributed by atoms with Gasteiger partial charge in [0.05, 0.1) is 30.6 Å². The van der Waals surface area contributed by atoms with E-state index in [4.69, 9.17) is 14.2 Å². The molecule has 0 aliphatic carbocycles. The Morgan fingerprint density at radius 1 is 1.27 bits per heavy atom. The van der Waals surface area contributed by atoms with E-state index in [1.165, 1.54) is 12.1 Å². The summed E-state index contributed by atoms with van der Waals surface area (Å²) in [5.74, 6) is -1.38. The number of halogens is 2. The fourth-order valence-electron chi connectivity index (χ4n) is 3.43. The van der Waals surface area contributed by atoms with Gasteiger partial charge in [0.2, 0.25) is 0 Å². The Balaban J connectivity index is 1.98. The summed E-state index contributed by atoms with van der Waals surface area (Å²) in [7, 11) is 1.68. The van der Waals surface area contributed by atoms with Gasteiger partial charge in [-0.05, 0) is 39.8 Å². The average molecular weight is 423 g/mol. The number of nitrogens with one attached hydrogen (secondary N) is 1. The molecule has 1 saturated heterocycles. The van der Waals surface area contributed by atoms with E-state index in [1.807, 2.05) is 0 Å². The van der Waals surface area contributed by atoms with Crippen LogP contribution in [0.15, 0.2) is 18.2 Å². The Bertz CT molecular complexity index is 897. The third-order valence-corrected chi connectivity index (χ3v) is 4.52. The van der Waals surface area contributed by atoms with Crippen molar-refractivity contribution in [3.63, 3.8) is 0 Å². The van der Waals surface area contributed by atoms with E-state index < -0.39 is 35.7 Å². The second kappa shape index (κ2) is 8.69. The van der Waals surface area contributed by atoms with Crippen LogP contribution in [0, 0.1) is 11.6 Å². The number of carbonyl (C=O) groups excluding carboxylic acids is 1. The molecular formula is C21H27F2N3O4. The van der Waals surface area contributed by atoms with Crippen molar-refractivity contribution in [1.82, 2.24) is 15.1 Å². The van der Waals surface area contributed by atoms with E-state index in [-0.39, 0.29) is 0 Å². The first kappa shape index (κ1) is 22.2. The number of carbonyl (C=O) groups is 1. The number of alkyl carbamates (subject to hydrolysis) is 1. The van der Waals surface area contributed by atoms with Crippen LogP contribution < -0.4 is 5.32 Å². The third kappa shape index (κ3) is 5.34. The molecule has 0 bridgehead atoms. The molecule has 1 fully saturated rings. The topological polar surface area (TPSA) is 74.6 Å². The number of nitrogens with zero attached hydrogens (tertiary/aromatic N) is 2. The van der Waals surface area contributed by atoms with Gasteiger partial charge in [0.25, 0.3) is 0 Å². The Morgan fingerprint density at radius 3 is 2.43 bits per heavy atom. The van der Waals surface area contributed by atoms with Crippen molar-refractivity contribution >= 4 is 6.09 Å². The highest BCUT2D eigenvalue weighted by Gasteiger charge is 2.28. The molecule has 1 atom stereocenters. The lowest BCUT2D eigenvalue weighted by Gasteiger charge is -2.22. The van der Waals surface area contributed by atoms with Crippen molar-refractivity contribution in [3.8, 4) is 11.3 Å².